The summed E-state index contributed by atoms with van der Waals surface area (Å²) in [6.45, 7) is 5.05. The van der Waals surface area contributed by atoms with Crippen LogP contribution in [0.3, 0.4) is 0 Å². The standard InChI is InChI=1S/C18H26ClN5O3S/c1-4-6-9-24-16(20)15(17(26)21-18(24)27)23(5-2)14(25)11-22(3)10-12-7-8-13(19)28-12/h7-8H,4-6,9-11,20H2,1-3H3,(H,21,26,27). The van der Waals surface area contributed by atoms with Crippen LogP contribution in [-0.4, -0.2) is 40.5 Å². The summed E-state index contributed by atoms with van der Waals surface area (Å²) >= 11 is 7.40. The number of amides is 1. The Morgan fingerprint density at radius 1 is 1.32 bits per heavy atom. The highest BCUT2D eigenvalue weighted by Gasteiger charge is 2.23. The molecule has 154 valence electrons. The van der Waals surface area contributed by atoms with E-state index in [1.54, 1.807) is 6.92 Å². The highest BCUT2D eigenvalue weighted by Crippen LogP contribution is 2.22. The number of likely N-dealkylation sites (N-methyl/N-ethyl adjacent to an activating group) is 2. The number of H-pyrrole nitrogens is 1. The monoisotopic (exact) mass is 427 g/mol. The second kappa shape index (κ2) is 9.90. The Morgan fingerprint density at radius 3 is 2.61 bits per heavy atom. The summed E-state index contributed by atoms with van der Waals surface area (Å²) in [5.41, 5.74) is 4.93. The van der Waals surface area contributed by atoms with Crippen molar-refractivity contribution in [2.75, 3.05) is 30.8 Å². The molecular formula is C18H26ClN5O3S. The van der Waals surface area contributed by atoms with Gasteiger partial charge in [-0.15, -0.1) is 11.3 Å². The van der Waals surface area contributed by atoms with Crippen LogP contribution in [0.2, 0.25) is 4.34 Å². The van der Waals surface area contributed by atoms with Gasteiger partial charge in [0.15, 0.2) is 5.69 Å². The van der Waals surface area contributed by atoms with Crippen molar-refractivity contribution < 1.29 is 4.79 Å². The number of carbonyl (C=O) groups is 1. The van der Waals surface area contributed by atoms with Gasteiger partial charge in [0.25, 0.3) is 5.56 Å². The zero-order chi connectivity index (χ0) is 20.8. The Balaban J connectivity index is 2.24. The summed E-state index contributed by atoms with van der Waals surface area (Å²) < 4.78 is 2.01. The second-order valence-electron chi connectivity index (χ2n) is 6.51. The predicted molar refractivity (Wildman–Crippen MR) is 114 cm³/mol. The SMILES string of the molecule is CCCCn1c(N)c(N(CC)C(=O)CN(C)Cc2ccc(Cl)s2)c(=O)[nH]c1=O. The molecule has 0 saturated heterocycles. The fraction of sp³-hybridized carbons (Fsp3) is 0.500. The maximum Gasteiger partial charge on any atom is 0.330 e. The molecule has 3 N–H and O–H groups in total. The van der Waals surface area contributed by atoms with Gasteiger partial charge in [-0.25, -0.2) is 4.79 Å². The summed E-state index contributed by atoms with van der Waals surface area (Å²) in [6.07, 6.45) is 1.61. The molecule has 0 saturated carbocycles. The lowest BCUT2D eigenvalue weighted by atomic mass is 10.3. The van der Waals surface area contributed by atoms with Crippen LogP contribution >= 0.6 is 22.9 Å². The maximum atomic E-state index is 12.9. The van der Waals surface area contributed by atoms with Gasteiger partial charge in [0, 0.05) is 24.5 Å². The van der Waals surface area contributed by atoms with Gasteiger partial charge in [0.2, 0.25) is 5.91 Å². The van der Waals surface area contributed by atoms with Crippen molar-refractivity contribution in [2.24, 2.45) is 0 Å². The van der Waals surface area contributed by atoms with E-state index in [9.17, 15) is 14.4 Å². The largest absolute Gasteiger partial charge is 0.383 e. The number of hydrogen-bond acceptors (Lipinski definition) is 6. The average molecular weight is 428 g/mol. The fourth-order valence-electron chi connectivity index (χ4n) is 2.91. The molecule has 28 heavy (non-hydrogen) atoms. The van der Waals surface area contributed by atoms with E-state index < -0.39 is 11.2 Å². The minimum atomic E-state index is -0.654. The molecule has 0 aromatic carbocycles. The number of rotatable bonds is 9. The van der Waals surface area contributed by atoms with Crippen molar-refractivity contribution >= 4 is 40.4 Å². The molecule has 0 aliphatic carbocycles. The Kier molecular flexibility index (Phi) is 7.85. The van der Waals surface area contributed by atoms with E-state index >= 15 is 0 Å². The molecular weight excluding hydrogens is 402 g/mol. The number of aromatic amines is 1. The first-order valence-electron chi connectivity index (χ1n) is 9.14. The Morgan fingerprint density at radius 2 is 2.04 bits per heavy atom. The molecule has 0 bridgehead atoms. The number of carbonyl (C=O) groups excluding carboxylic acids is 1. The quantitative estimate of drug-likeness (QED) is 0.637. The van der Waals surface area contributed by atoms with Crippen molar-refractivity contribution in [1.29, 1.82) is 0 Å². The lowest BCUT2D eigenvalue weighted by Crippen LogP contribution is -2.44. The second-order valence-corrected chi connectivity index (χ2v) is 8.31. The predicted octanol–water partition coefficient (Wildman–Crippen LogP) is 2.12. The van der Waals surface area contributed by atoms with Crippen LogP contribution in [0.25, 0.3) is 0 Å². The highest BCUT2D eigenvalue weighted by molar-refractivity contribution is 7.16. The van der Waals surface area contributed by atoms with Crippen molar-refractivity contribution in [3.05, 3.63) is 42.2 Å². The average Bonchev–Trinajstić information content (AvgIpc) is 3.02. The van der Waals surface area contributed by atoms with E-state index in [4.69, 9.17) is 17.3 Å². The van der Waals surface area contributed by atoms with E-state index in [-0.39, 0.29) is 30.5 Å². The van der Waals surface area contributed by atoms with Crippen LogP contribution in [0.4, 0.5) is 11.5 Å². The summed E-state index contributed by atoms with van der Waals surface area (Å²) in [5, 5.41) is 0. The first-order valence-corrected chi connectivity index (χ1v) is 10.3. The highest BCUT2D eigenvalue weighted by atomic mass is 35.5. The van der Waals surface area contributed by atoms with Gasteiger partial charge in [0.05, 0.1) is 10.9 Å². The maximum absolute atomic E-state index is 12.9. The van der Waals surface area contributed by atoms with E-state index in [0.717, 1.165) is 17.7 Å². The molecule has 0 radical (unpaired) electrons. The number of nitrogens with zero attached hydrogens (tertiary/aromatic N) is 3. The normalized spacial score (nSPS) is 11.2. The Hall–Kier alpha value is -2.10. The number of nitrogens with one attached hydrogen (secondary N) is 1. The first kappa shape index (κ1) is 22.2. The number of unbranched alkanes of at least 4 members (excludes halogenated alkanes) is 1. The zero-order valence-corrected chi connectivity index (χ0v) is 17.9. The summed E-state index contributed by atoms with van der Waals surface area (Å²) in [4.78, 5) is 43.8. The molecule has 0 atom stereocenters. The molecule has 2 rings (SSSR count). The third-order valence-corrected chi connectivity index (χ3v) is 5.51. The van der Waals surface area contributed by atoms with Gasteiger partial charge in [-0.3, -0.25) is 24.0 Å². The van der Waals surface area contributed by atoms with E-state index in [0.29, 0.717) is 17.4 Å². The van der Waals surface area contributed by atoms with Gasteiger partial charge < -0.3 is 10.6 Å². The van der Waals surface area contributed by atoms with Crippen molar-refractivity contribution in [1.82, 2.24) is 14.5 Å². The van der Waals surface area contributed by atoms with Crippen molar-refractivity contribution in [3.63, 3.8) is 0 Å². The molecule has 0 aliphatic heterocycles. The number of aromatic nitrogens is 2. The lowest BCUT2D eigenvalue weighted by molar-refractivity contribution is -0.119. The topological polar surface area (TPSA) is 104 Å². The summed E-state index contributed by atoms with van der Waals surface area (Å²) in [7, 11) is 1.81. The Bertz CT molecular complexity index is 936. The zero-order valence-electron chi connectivity index (χ0n) is 16.3. The number of nitrogens with two attached hydrogens (primary N) is 1. The molecule has 2 aromatic rings. The molecule has 8 nitrogen and oxygen atoms in total. The molecule has 0 spiro atoms. The van der Waals surface area contributed by atoms with Gasteiger partial charge >= 0.3 is 5.69 Å². The van der Waals surface area contributed by atoms with Gasteiger partial charge in [0.1, 0.15) is 5.82 Å². The molecule has 10 heteroatoms. The molecule has 2 heterocycles. The van der Waals surface area contributed by atoms with E-state index in [2.05, 4.69) is 4.98 Å². The van der Waals surface area contributed by atoms with Crippen LogP contribution in [0, 0.1) is 0 Å². The Labute approximate surface area is 172 Å². The fourth-order valence-corrected chi connectivity index (χ4v) is 4.08. The number of thiophene rings is 1. The van der Waals surface area contributed by atoms with Gasteiger partial charge in [-0.05, 0) is 32.5 Å². The summed E-state index contributed by atoms with van der Waals surface area (Å²) in [6, 6.07) is 3.73. The minimum Gasteiger partial charge on any atom is -0.383 e. The molecule has 1 amide bonds. The van der Waals surface area contributed by atoms with Crippen molar-refractivity contribution in [2.45, 2.75) is 39.8 Å². The number of halogens is 1. The third kappa shape index (κ3) is 5.24. The van der Waals surface area contributed by atoms with Crippen LogP contribution in [0.5, 0.6) is 0 Å². The minimum absolute atomic E-state index is 0.0186. The van der Waals surface area contributed by atoms with Crippen molar-refractivity contribution in [3.8, 4) is 0 Å². The van der Waals surface area contributed by atoms with Gasteiger partial charge in [-0.2, -0.15) is 0 Å². The van der Waals surface area contributed by atoms with E-state index in [1.807, 2.05) is 31.0 Å². The van der Waals surface area contributed by atoms with Crippen LogP contribution < -0.4 is 21.9 Å². The number of hydrogen-bond donors (Lipinski definition) is 2. The van der Waals surface area contributed by atoms with Crippen LogP contribution in [-0.2, 0) is 17.9 Å². The first-order chi connectivity index (χ1) is 13.3. The smallest absolute Gasteiger partial charge is 0.330 e. The number of anilines is 2. The third-order valence-electron chi connectivity index (χ3n) is 4.30. The van der Waals surface area contributed by atoms with Gasteiger partial charge in [-0.1, -0.05) is 24.9 Å². The molecule has 0 aliphatic rings. The van der Waals surface area contributed by atoms with E-state index in [1.165, 1.54) is 20.8 Å². The molecule has 0 fully saturated rings. The number of nitrogen functional groups attached to an aromatic ring is 1. The molecule has 0 unspecified atom stereocenters. The van der Waals surface area contributed by atoms with Crippen LogP contribution in [0.15, 0.2) is 21.7 Å². The molecule has 2 aromatic heterocycles. The van der Waals surface area contributed by atoms with Crippen LogP contribution in [0.1, 0.15) is 31.6 Å². The lowest BCUT2D eigenvalue weighted by Gasteiger charge is -2.25. The summed E-state index contributed by atoms with van der Waals surface area (Å²) in [5.74, 6) is -0.254.